The van der Waals surface area contributed by atoms with Crippen molar-refractivity contribution in [3.05, 3.63) is 172 Å². The summed E-state index contributed by atoms with van der Waals surface area (Å²) >= 11 is 18.6. The predicted octanol–water partition coefficient (Wildman–Crippen LogP) is 9.85. The van der Waals surface area contributed by atoms with E-state index in [0.717, 1.165) is 27.9 Å². The van der Waals surface area contributed by atoms with Crippen molar-refractivity contribution in [2.75, 3.05) is 6.54 Å². The molecule has 5 rings (SSSR count). The summed E-state index contributed by atoms with van der Waals surface area (Å²) in [6, 6.07) is 45.7. The van der Waals surface area contributed by atoms with Gasteiger partial charge in [0.1, 0.15) is 5.69 Å². The highest BCUT2D eigenvalue weighted by molar-refractivity contribution is 7.11. The molecular formula is C41H43BCl3N. The highest BCUT2D eigenvalue weighted by Gasteiger charge is 2.29. The van der Waals surface area contributed by atoms with E-state index < -0.39 is 6.15 Å². The molecule has 46 heavy (non-hydrogen) atoms. The lowest BCUT2D eigenvalue weighted by atomic mass is 9.14. The highest BCUT2D eigenvalue weighted by Crippen LogP contribution is 2.21. The first-order valence-corrected chi connectivity index (χ1v) is 17.4. The van der Waals surface area contributed by atoms with Crippen molar-refractivity contribution in [1.82, 2.24) is 0 Å². The van der Waals surface area contributed by atoms with Gasteiger partial charge in [0.2, 0.25) is 0 Å². The van der Waals surface area contributed by atoms with Gasteiger partial charge in [-0.1, -0.05) is 171 Å². The molecular weight excluding hydrogens is 624 g/mol. The van der Waals surface area contributed by atoms with Crippen molar-refractivity contribution in [3.8, 4) is 0 Å². The summed E-state index contributed by atoms with van der Waals surface area (Å²) in [7, 11) is 0. The Bertz CT molecular complexity index is 1510. The minimum Gasteiger partial charge on any atom is -0.311 e. The Balaban J connectivity index is 0.000000230. The fourth-order valence-corrected chi connectivity index (χ4v) is 6.39. The number of allylic oxidation sites excluding steroid dienone is 2. The third-order valence-corrected chi connectivity index (χ3v) is 9.19. The van der Waals surface area contributed by atoms with Gasteiger partial charge >= 0.3 is 0 Å². The number of halogens is 3. The van der Waals surface area contributed by atoms with Gasteiger partial charge in [-0.3, -0.25) is 0 Å². The van der Waals surface area contributed by atoms with Gasteiger partial charge in [0.05, 0.1) is 12.7 Å². The van der Waals surface area contributed by atoms with E-state index in [-0.39, 0.29) is 0 Å². The second kappa shape index (κ2) is 19.2. The maximum atomic E-state index is 6.21. The van der Waals surface area contributed by atoms with Gasteiger partial charge in [0.15, 0.2) is 0 Å². The normalized spacial score (nSPS) is 11.5. The molecule has 5 aromatic carbocycles. The maximum Gasteiger partial charge on any atom is 0.129 e. The Morgan fingerprint density at radius 1 is 0.543 bits per heavy atom. The number of benzene rings is 5. The van der Waals surface area contributed by atoms with Crippen LogP contribution in [0.3, 0.4) is 0 Å². The summed E-state index contributed by atoms with van der Waals surface area (Å²) in [5.41, 5.74) is 6.39. The predicted molar refractivity (Wildman–Crippen MR) is 205 cm³/mol. The number of unbranched alkanes of at least 4 members (excludes halogenated alkanes) is 3. The molecule has 0 aliphatic heterocycles. The number of nitrogens with two attached hydrogens (primary N) is 1. The van der Waals surface area contributed by atoms with E-state index in [0.29, 0.717) is 0 Å². The molecule has 0 heterocycles. The Labute approximate surface area is 290 Å². The molecule has 5 heteroatoms. The van der Waals surface area contributed by atoms with Crippen molar-refractivity contribution in [2.24, 2.45) is 0 Å². The molecule has 236 valence electrons. The van der Waals surface area contributed by atoms with E-state index in [1.54, 1.807) is 0 Å². The SMILES string of the molecule is C(C=Cc1ccccc1)=CC[NH2+]c1ccccc1.CCCCCC[B-](c1ccc(Cl)cc1)(c1ccc(Cl)cc1)c1ccc(Cl)cc1. The summed E-state index contributed by atoms with van der Waals surface area (Å²) in [5, 5.41) is 4.48. The number of para-hydroxylation sites is 1. The average Bonchev–Trinajstić information content (AvgIpc) is 3.09. The topological polar surface area (TPSA) is 16.6 Å². The fourth-order valence-electron chi connectivity index (χ4n) is 6.01. The third kappa shape index (κ3) is 10.8. The van der Waals surface area contributed by atoms with Crippen LogP contribution in [0, 0.1) is 0 Å². The van der Waals surface area contributed by atoms with Gasteiger partial charge < -0.3 is 5.32 Å². The molecule has 0 bridgehead atoms. The molecule has 0 unspecified atom stereocenters. The lowest BCUT2D eigenvalue weighted by Gasteiger charge is -2.43. The lowest BCUT2D eigenvalue weighted by molar-refractivity contribution is -0.561. The second-order valence-corrected chi connectivity index (χ2v) is 12.9. The third-order valence-electron chi connectivity index (χ3n) is 8.43. The van der Waals surface area contributed by atoms with Crippen molar-refractivity contribution >= 4 is 69.1 Å². The van der Waals surface area contributed by atoms with Crippen LogP contribution >= 0.6 is 34.8 Å². The molecule has 0 aliphatic rings. The van der Waals surface area contributed by atoms with Crippen molar-refractivity contribution in [2.45, 2.75) is 38.9 Å². The molecule has 0 radical (unpaired) electrons. The first kappa shape index (κ1) is 35.3. The summed E-state index contributed by atoms with van der Waals surface area (Å²) in [4.78, 5) is 0. The van der Waals surface area contributed by atoms with E-state index in [1.165, 1.54) is 53.3 Å². The van der Waals surface area contributed by atoms with Crippen LogP contribution in [0.5, 0.6) is 0 Å². The molecule has 5 aromatic rings. The average molecular weight is 667 g/mol. The van der Waals surface area contributed by atoms with Crippen LogP contribution in [-0.2, 0) is 0 Å². The molecule has 0 fully saturated rings. The van der Waals surface area contributed by atoms with Crippen molar-refractivity contribution in [1.29, 1.82) is 0 Å². The van der Waals surface area contributed by atoms with E-state index in [4.69, 9.17) is 34.8 Å². The lowest BCUT2D eigenvalue weighted by Crippen LogP contribution is -2.77. The zero-order valence-electron chi connectivity index (χ0n) is 26.5. The zero-order valence-corrected chi connectivity index (χ0v) is 28.8. The number of rotatable bonds is 13. The smallest absolute Gasteiger partial charge is 0.129 e. The Morgan fingerprint density at radius 3 is 1.50 bits per heavy atom. The zero-order chi connectivity index (χ0) is 32.5. The fraction of sp³-hybridized carbons (Fsp3) is 0.171. The van der Waals surface area contributed by atoms with Gasteiger partial charge in [-0.05, 0) is 60.2 Å². The van der Waals surface area contributed by atoms with Crippen LogP contribution in [0.4, 0.5) is 5.69 Å². The summed E-state index contributed by atoms with van der Waals surface area (Å²) in [6.45, 7) is 3.21. The molecule has 0 saturated carbocycles. The minimum absolute atomic E-state index is 0.756. The standard InChI is InChI=1S/C24H25BCl3.C17H17N/c1-2-3-4-5-18-25(19-6-12-22(26)13-7-19,20-8-14-23(27)15-9-20)21-10-16-24(28)17-11-21;1-4-10-16(11-5-1)12-6-3-9-15-18-17-13-7-2-8-14-17/h6-17H,2-5,18H2,1H3;1-14,18H,15H2/q-1;/p+1. The van der Waals surface area contributed by atoms with E-state index in [9.17, 15) is 0 Å². The van der Waals surface area contributed by atoms with E-state index in [1.807, 2.05) is 60.7 Å². The Hall–Kier alpha value is -3.53. The molecule has 0 atom stereocenters. The summed E-state index contributed by atoms with van der Waals surface area (Å²) in [6.07, 6.45) is 13.2. The first-order valence-electron chi connectivity index (χ1n) is 16.2. The van der Waals surface area contributed by atoms with Crippen LogP contribution in [-0.4, -0.2) is 12.7 Å². The van der Waals surface area contributed by atoms with Crippen LogP contribution in [0.2, 0.25) is 21.4 Å². The summed E-state index contributed by atoms with van der Waals surface area (Å²) in [5.74, 6) is 0. The van der Waals surface area contributed by atoms with Crippen molar-refractivity contribution < 1.29 is 5.32 Å². The first-order chi connectivity index (χ1) is 22.5. The van der Waals surface area contributed by atoms with Crippen LogP contribution in [0.15, 0.2) is 152 Å². The van der Waals surface area contributed by atoms with Crippen LogP contribution < -0.4 is 21.7 Å². The summed E-state index contributed by atoms with van der Waals surface area (Å²) < 4.78 is 0. The van der Waals surface area contributed by atoms with Gasteiger partial charge in [0, 0.05) is 15.1 Å². The number of hydrogen-bond acceptors (Lipinski definition) is 0. The molecule has 0 aliphatic carbocycles. The van der Waals surface area contributed by atoms with Gasteiger partial charge in [0.25, 0.3) is 0 Å². The van der Waals surface area contributed by atoms with E-state index >= 15 is 0 Å². The molecule has 1 nitrogen and oxygen atoms in total. The molecule has 0 amide bonds. The second-order valence-electron chi connectivity index (χ2n) is 11.6. The van der Waals surface area contributed by atoms with Crippen LogP contribution in [0.25, 0.3) is 6.08 Å². The molecule has 0 spiro atoms. The number of hydrogen-bond donors (Lipinski definition) is 1. The van der Waals surface area contributed by atoms with Crippen molar-refractivity contribution in [3.63, 3.8) is 0 Å². The molecule has 0 saturated heterocycles. The monoisotopic (exact) mass is 665 g/mol. The molecule has 2 N–H and O–H groups in total. The van der Waals surface area contributed by atoms with Gasteiger partial charge in [-0.2, -0.15) is 22.7 Å². The Morgan fingerprint density at radius 2 is 1.02 bits per heavy atom. The molecule has 0 aromatic heterocycles. The van der Waals surface area contributed by atoms with Gasteiger partial charge in [-0.15, -0.1) is 0 Å². The van der Waals surface area contributed by atoms with Crippen LogP contribution in [0.1, 0.15) is 38.2 Å². The largest absolute Gasteiger partial charge is 0.311 e. The van der Waals surface area contributed by atoms with Gasteiger partial charge in [-0.25, -0.2) is 0 Å². The maximum absolute atomic E-state index is 6.21. The minimum atomic E-state index is -1.15. The highest BCUT2D eigenvalue weighted by atomic mass is 35.5. The van der Waals surface area contributed by atoms with E-state index in [2.05, 4.69) is 109 Å². The Kier molecular flexibility index (Phi) is 14.8. The quantitative estimate of drug-likeness (QED) is 0.0558. The number of quaternary nitrogens is 1.